The molecule has 0 aliphatic rings. The van der Waals surface area contributed by atoms with Crippen LogP contribution in [0.15, 0.2) is 44.7 Å². The van der Waals surface area contributed by atoms with Gasteiger partial charge in [0, 0.05) is 10.5 Å². The first kappa shape index (κ1) is 11.8. The average molecular weight is 246 g/mol. The van der Waals surface area contributed by atoms with Crippen LogP contribution in [0.4, 0.5) is 0 Å². The van der Waals surface area contributed by atoms with Gasteiger partial charge in [-0.05, 0) is 32.0 Å². The largest absolute Gasteiger partial charge is 0.468 e. The predicted octanol–water partition coefficient (Wildman–Crippen LogP) is 3.33. The molecular weight excluding hydrogens is 232 g/mol. The molecule has 2 rings (SSSR count). The van der Waals surface area contributed by atoms with Crippen molar-refractivity contribution in [2.75, 3.05) is 0 Å². The van der Waals surface area contributed by atoms with Crippen LogP contribution >= 0.6 is 11.8 Å². The van der Waals surface area contributed by atoms with Gasteiger partial charge in [0.05, 0.1) is 11.2 Å². The fourth-order valence-electron chi connectivity index (χ4n) is 1.54. The molecule has 0 saturated carbocycles. The standard InChI is InChI=1S/C13H14N2OS/c1-8-3-4-12(10(7-8)13(14)15)17-11-5-6-16-9(11)2/h3-7H,1-2H3,(H3,14,15). The lowest BCUT2D eigenvalue weighted by Crippen LogP contribution is -2.12. The van der Waals surface area contributed by atoms with E-state index in [0.717, 1.165) is 26.7 Å². The van der Waals surface area contributed by atoms with Gasteiger partial charge < -0.3 is 10.2 Å². The third kappa shape index (κ3) is 2.53. The molecule has 0 spiro atoms. The summed E-state index contributed by atoms with van der Waals surface area (Å²) in [5.41, 5.74) is 7.47. The topological polar surface area (TPSA) is 63.0 Å². The van der Waals surface area contributed by atoms with Crippen molar-refractivity contribution in [3.8, 4) is 0 Å². The normalized spacial score (nSPS) is 10.5. The van der Waals surface area contributed by atoms with E-state index in [1.165, 1.54) is 0 Å². The molecule has 1 aromatic carbocycles. The van der Waals surface area contributed by atoms with Crippen LogP contribution in [0.5, 0.6) is 0 Å². The molecule has 0 aliphatic heterocycles. The number of rotatable bonds is 3. The molecule has 0 amide bonds. The van der Waals surface area contributed by atoms with Crippen molar-refractivity contribution in [3.05, 3.63) is 47.4 Å². The Hall–Kier alpha value is -1.68. The highest BCUT2D eigenvalue weighted by Gasteiger charge is 2.10. The maximum atomic E-state index is 7.60. The van der Waals surface area contributed by atoms with Crippen molar-refractivity contribution in [3.63, 3.8) is 0 Å². The van der Waals surface area contributed by atoms with E-state index in [1.54, 1.807) is 18.0 Å². The van der Waals surface area contributed by atoms with Crippen molar-refractivity contribution >= 4 is 17.6 Å². The number of aryl methyl sites for hydroxylation is 2. The molecule has 0 radical (unpaired) electrons. The van der Waals surface area contributed by atoms with E-state index < -0.39 is 0 Å². The second-order valence-corrected chi connectivity index (χ2v) is 4.94. The Kier molecular flexibility index (Phi) is 3.24. The van der Waals surface area contributed by atoms with Crippen LogP contribution in [0.25, 0.3) is 0 Å². The third-order valence-corrected chi connectivity index (χ3v) is 3.68. The zero-order valence-corrected chi connectivity index (χ0v) is 10.6. The summed E-state index contributed by atoms with van der Waals surface area (Å²) in [6.45, 7) is 3.91. The summed E-state index contributed by atoms with van der Waals surface area (Å²) in [6.07, 6.45) is 1.67. The van der Waals surface area contributed by atoms with Crippen LogP contribution in [0.1, 0.15) is 16.9 Å². The van der Waals surface area contributed by atoms with Crippen molar-refractivity contribution in [1.29, 1.82) is 5.41 Å². The van der Waals surface area contributed by atoms with Crippen LogP contribution in [-0.4, -0.2) is 5.84 Å². The third-order valence-electron chi connectivity index (χ3n) is 2.46. The van der Waals surface area contributed by atoms with Crippen molar-refractivity contribution in [1.82, 2.24) is 0 Å². The highest BCUT2D eigenvalue weighted by atomic mass is 32.2. The van der Waals surface area contributed by atoms with Gasteiger partial charge in [0.25, 0.3) is 0 Å². The van der Waals surface area contributed by atoms with E-state index in [1.807, 2.05) is 38.1 Å². The molecule has 1 heterocycles. The van der Waals surface area contributed by atoms with E-state index in [0.29, 0.717) is 0 Å². The molecule has 0 unspecified atom stereocenters. The molecule has 0 atom stereocenters. The van der Waals surface area contributed by atoms with Crippen LogP contribution in [0, 0.1) is 19.3 Å². The lowest BCUT2D eigenvalue weighted by atomic mass is 10.1. The Morgan fingerprint density at radius 1 is 1.24 bits per heavy atom. The average Bonchev–Trinajstić information content (AvgIpc) is 2.67. The predicted molar refractivity (Wildman–Crippen MR) is 69.8 cm³/mol. The second kappa shape index (κ2) is 4.67. The van der Waals surface area contributed by atoms with E-state index in [4.69, 9.17) is 15.6 Å². The van der Waals surface area contributed by atoms with E-state index in [-0.39, 0.29) is 5.84 Å². The molecule has 3 N–H and O–H groups in total. The van der Waals surface area contributed by atoms with Crippen molar-refractivity contribution < 1.29 is 4.42 Å². The summed E-state index contributed by atoms with van der Waals surface area (Å²) in [5, 5.41) is 7.60. The lowest BCUT2D eigenvalue weighted by molar-refractivity contribution is 0.527. The van der Waals surface area contributed by atoms with Gasteiger partial charge in [-0.15, -0.1) is 0 Å². The first-order chi connectivity index (χ1) is 8.08. The second-order valence-electron chi connectivity index (χ2n) is 3.86. The van der Waals surface area contributed by atoms with Crippen LogP contribution in [0.2, 0.25) is 0 Å². The summed E-state index contributed by atoms with van der Waals surface area (Å²) < 4.78 is 5.26. The van der Waals surface area contributed by atoms with Crippen LogP contribution in [0.3, 0.4) is 0 Å². The Balaban J connectivity index is 2.39. The first-order valence-electron chi connectivity index (χ1n) is 5.25. The van der Waals surface area contributed by atoms with Crippen molar-refractivity contribution in [2.45, 2.75) is 23.6 Å². The smallest absolute Gasteiger partial charge is 0.123 e. The molecular formula is C13H14N2OS. The van der Waals surface area contributed by atoms with Crippen LogP contribution < -0.4 is 5.73 Å². The van der Waals surface area contributed by atoms with Gasteiger partial charge in [0.15, 0.2) is 0 Å². The van der Waals surface area contributed by atoms with Gasteiger partial charge in [0.1, 0.15) is 11.6 Å². The zero-order chi connectivity index (χ0) is 12.4. The number of hydrogen-bond acceptors (Lipinski definition) is 3. The number of furan rings is 1. The maximum absolute atomic E-state index is 7.60. The summed E-state index contributed by atoms with van der Waals surface area (Å²) in [6, 6.07) is 7.86. The molecule has 0 aliphatic carbocycles. The molecule has 0 saturated heterocycles. The maximum Gasteiger partial charge on any atom is 0.123 e. The highest BCUT2D eigenvalue weighted by Crippen LogP contribution is 2.33. The fourth-order valence-corrected chi connectivity index (χ4v) is 2.51. The Morgan fingerprint density at radius 2 is 2.00 bits per heavy atom. The summed E-state index contributed by atoms with van der Waals surface area (Å²) in [7, 11) is 0. The minimum absolute atomic E-state index is 0.0948. The molecule has 17 heavy (non-hydrogen) atoms. The molecule has 1 aromatic heterocycles. The minimum atomic E-state index is 0.0948. The molecule has 2 aromatic rings. The Morgan fingerprint density at radius 3 is 2.59 bits per heavy atom. The van der Waals surface area contributed by atoms with Gasteiger partial charge in [-0.2, -0.15) is 0 Å². The lowest BCUT2D eigenvalue weighted by Gasteiger charge is -2.08. The van der Waals surface area contributed by atoms with Gasteiger partial charge >= 0.3 is 0 Å². The van der Waals surface area contributed by atoms with Crippen molar-refractivity contribution in [2.24, 2.45) is 5.73 Å². The number of nitrogens with two attached hydrogens (primary N) is 1. The minimum Gasteiger partial charge on any atom is -0.468 e. The molecule has 0 fully saturated rings. The Labute approximate surface area is 105 Å². The van der Waals surface area contributed by atoms with Crippen LogP contribution in [-0.2, 0) is 0 Å². The summed E-state index contributed by atoms with van der Waals surface area (Å²) in [5.74, 6) is 0.974. The van der Waals surface area contributed by atoms with Gasteiger partial charge in [-0.1, -0.05) is 23.4 Å². The first-order valence-corrected chi connectivity index (χ1v) is 6.06. The zero-order valence-electron chi connectivity index (χ0n) is 9.78. The molecule has 88 valence electrons. The number of nitrogens with one attached hydrogen (secondary N) is 1. The Bertz CT molecular complexity index is 560. The summed E-state index contributed by atoms with van der Waals surface area (Å²) in [4.78, 5) is 2.03. The SMILES string of the molecule is Cc1ccc(Sc2ccoc2C)c(C(=N)N)c1. The highest BCUT2D eigenvalue weighted by molar-refractivity contribution is 7.99. The number of benzene rings is 1. The van der Waals surface area contributed by atoms with E-state index in [9.17, 15) is 0 Å². The molecule has 4 heteroatoms. The monoisotopic (exact) mass is 246 g/mol. The number of hydrogen-bond donors (Lipinski definition) is 2. The molecule has 3 nitrogen and oxygen atoms in total. The summed E-state index contributed by atoms with van der Waals surface area (Å²) >= 11 is 1.57. The number of nitrogen functional groups attached to an aromatic ring is 1. The van der Waals surface area contributed by atoms with Gasteiger partial charge in [-0.25, -0.2) is 0 Å². The van der Waals surface area contributed by atoms with Gasteiger partial charge in [0.2, 0.25) is 0 Å². The molecule has 0 bridgehead atoms. The fraction of sp³-hybridized carbons (Fsp3) is 0.154. The van der Waals surface area contributed by atoms with E-state index >= 15 is 0 Å². The van der Waals surface area contributed by atoms with Gasteiger partial charge in [-0.3, -0.25) is 5.41 Å². The van der Waals surface area contributed by atoms with E-state index in [2.05, 4.69) is 0 Å². The number of amidine groups is 1. The quantitative estimate of drug-likeness (QED) is 0.645.